The minimum atomic E-state index is -4.13. The van der Waals surface area contributed by atoms with Crippen molar-refractivity contribution >= 4 is 38.8 Å². The fourth-order valence-electron chi connectivity index (χ4n) is 4.39. The Morgan fingerprint density at radius 1 is 1.18 bits per heavy atom. The van der Waals surface area contributed by atoms with Gasteiger partial charge < -0.3 is 14.9 Å². The van der Waals surface area contributed by atoms with Crippen LogP contribution >= 0.6 is 11.6 Å². The number of hydrogen-bond donors (Lipinski definition) is 2. The zero-order valence-electron chi connectivity index (χ0n) is 21.4. The topological polar surface area (TPSA) is 148 Å². The zero-order chi connectivity index (χ0) is 28.2. The Balaban J connectivity index is 1.87. The van der Waals surface area contributed by atoms with Crippen LogP contribution in [0.2, 0.25) is 5.02 Å². The van der Waals surface area contributed by atoms with Crippen LogP contribution in [0, 0.1) is 6.92 Å². The average molecular weight is 574 g/mol. The Morgan fingerprint density at radius 3 is 2.51 bits per heavy atom. The van der Waals surface area contributed by atoms with Gasteiger partial charge in [-0.1, -0.05) is 54.0 Å². The number of rotatable bonds is 11. The van der Waals surface area contributed by atoms with Crippen LogP contribution in [-0.2, 0) is 16.6 Å². The second-order valence-electron chi connectivity index (χ2n) is 8.87. The maximum absolute atomic E-state index is 14.0. The normalized spacial score (nSPS) is 12.6. The van der Waals surface area contributed by atoms with Crippen LogP contribution in [0.25, 0.3) is 11.1 Å². The molecule has 0 saturated carbocycles. The summed E-state index contributed by atoms with van der Waals surface area (Å²) >= 11 is 6.00. The van der Waals surface area contributed by atoms with Gasteiger partial charge in [0.2, 0.25) is 10.0 Å². The minimum Gasteiger partial charge on any atom is -0.465 e. The van der Waals surface area contributed by atoms with Gasteiger partial charge >= 0.3 is 6.09 Å². The number of nitrogens with one attached hydrogen (secondary N) is 1. The highest BCUT2D eigenvalue weighted by Gasteiger charge is 2.35. The third kappa shape index (κ3) is 6.13. The van der Waals surface area contributed by atoms with Crippen molar-refractivity contribution in [3.8, 4) is 0 Å². The maximum atomic E-state index is 14.0. The molecule has 0 spiro atoms. The lowest BCUT2D eigenvalue weighted by Gasteiger charge is -2.31. The number of benzene rings is 2. The number of carbonyl (C=O) groups is 1. The SMILES string of the molecule is CCC(c1nc2onc(C)c2c(=O)n1Cc1ccccc1)N(CCCNC(=O)O)S(=O)(=O)c1ccc(Cl)cc1. The number of amides is 1. The smallest absolute Gasteiger partial charge is 0.404 e. The Morgan fingerprint density at radius 2 is 1.87 bits per heavy atom. The van der Waals surface area contributed by atoms with Crippen LogP contribution < -0.4 is 10.9 Å². The van der Waals surface area contributed by atoms with E-state index in [0.29, 0.717) is 10.7 Å². The van der Waals surface area contributed by atoms with Gasteiger partial charge in [0.05, 0.1) is 23.2 Å². The molecule has 1 atom stereocenters. The molecule has 2 N–H and O–H groups in total. The van der Waals surface area contributed by atoms with Gasteiger partial charge in [0, 0.05) is 18.1 Å². The summed E-state index contributed by atoms with van der Waals surface area (Å²) in [6, 6.07) is 14.2. The molecule has 39 heavy (non-hydrogen) atoms. The van der Waals surface area contributed by atoms with Crippen molar-refractivity contribution in [2.75, 3.05) is 13.1 Å². The fraction of sp³-hybridized carbons (Fsp3) is 0.308. The number of fused-ring (bicyclic) bond motifs is 1. The Kier molecular flexibility index (Phi) is 8.68. The first-order valence-corrected chi connectivity index (χ1v) is 14.1. The summed E-state index contributed by atoms with van der Waals surface area (Å²) in [5.41, 5.74) is 0.831. The minimum absolute atomic E-state index is 0.00471. The molecule has 0 aliphatic rings. The van der Waals surface area contributed by atoms with Crippen molar-refractivity contribution in [3.63, 3.8) is 0 Å². The largest absolute Gasteiger partial charge is 0.465 e. The Bertz CT molecular complexity index is 1620. The number of hydrogen-bond acceptors (Lipinski definition) is 7. The van der Waals surface area contributed by atoms with E-state index in [0.717, 1.165) is 5.56 Å². The number of halogens is 1. The molecular weight excluding hydrogens is 546 g/mol. The summed E-state index contributed by atoms with van der Waals surface area (Å²) < 4.78 is 36.0. The predicted molar refractivity (Wildman–Crippen MR) is 145 cm³/mol. The molecule has 1 amide bonds. The molecule has 0 radical (unpaired) electrons. The number of sulfonamides is 1. The first kappa shape index (κ1) is 28.3. The van der Waals surface area contributed by atoms with E-state index in [9.17, 15) is 18.0 Å². The predicted octanol–water partition coefficient (Wildman–Crippen LogP) is 4.19. The van der Waals surface area contributed by atoms with E-state index < -0.39 is 27.7 Å². The van der Waals surface area contributed by atoms with E-state index in [2.05, 4.69) is 15.5 Å². The van der Waals surface area contributed by atoms with Crippen LogP contribution in [0.5, 0.6) is 0 Å². The van der Waals surface area contributed by atoms with E-state index in [1.807, 2.05) is 30.3 Å². The van der Waals surface area contributed by atoms with Crippen molar-refractivity contribution in [1.82, 2.24) is 24.3 Å². The van der Waals surface area contributed by atoms with Crippen LogP contribution in [0.4, 0.5) is 4.79 Å². The molecule has 2 aromatic heterocycles. The molecule has 11 nitrogen and oxygen atoms in total. The first-order chi connectivity index (χ1) is 18.6. The summed E-state index contributed by atoms with van der Waals surface area (Å²) in [5.74, 6) is 0.193. The number of carboxylic acid groups (broad SMARTS) is 1. The lowest BCUT2D eigenvalue weighted by atomic mass is 10.1. The van der Waals surface area contributed by atoms with Gasteiger partial charge in [0.1, 0.15) is 11.2 Å². The van der Waals surface area contributed by atoms with Gasteiger partial charge in [0.15, 0.2) is 0 Å². The standard InChI is InChI=1S/C26H28ClN5O6S/c1-3-21(32(15-7-14-28-26(34)35)39(36,37)20-12-10-19(27)11-13-20)23-29-24-22(17(2)30-38-24)25(33)31(23)16-18-8-5-4-6-9-18/h4-6,8-13,21,28H,3,7,14-16H2,1-2H3,(H,34,35). The molecule has 4 aromatic rings. The second kappa shape index (κ2) is 12.0. The van der Waals surface area contributed by atoms with Crippen molar-refractivity contribution in [2.45, 2.75) is 44.2 Å². The fourth-order valence-corrected chi connectivity index (χ4v) is 6.21. The van der Waals surface area contributed by atoms with Crippen molar-refractivity contribution in [3.05, 3.63) is 87.1 Å². The summed E-state index contributed by atoms with van der Waals surface area (Å²) in [4.78, 5) is 29.3. The van der Waals surface area contributed by atoms with Crippen LogP contribution in [0.1, 0.15) is 42.9 Å². The highest BCUT2D eigenvalue weighted by molar-refractivity contribution is 7.89. The summed E-state index contributed by atoms with van der Waals surface area (Å²) in [5, 5.41) is 15.7. The molecule has 0 fully saturated rings. The molecule has 2 aromatic carbocycles. The van der Waals surface area contributed by atoms with Gasteiger partial charge in [-0.25, -0.2) is 13.2 Å². The van der Waals surface area contributed by atoms with E-state index in [4.69, 9.17) is 21.2 Å². The van der Waals surface area contributed by atoms with Crippen molar-refractivity contribution < 1.29 is 22.8 Å². The molecule has 1 unspecified atom stereocenters. The quantitative estimate of drug-likeness (QED) is 0.254. The van der Waals surface area contributed by atoms with Gasteiger partial charge in [-0.15, -0.1) is 0 Å². The zero-order valence-corrected chi connectivity index (χ0v) is 22.9. The maximum Gasteiger partial charge on any atom is 0.404 e. The number of aromatic nitrogens is 3. The van der Waals surface area contributed by atoms with Crippen LogP contribution in [0.15, 0.2) is 68.8 Å². The summed E-state index contributed by atoms with van der Waals surface area (Å²) in [6.07, 6.45) is -0.764. The lowest BCUT2D eigenvalue weighted by molar-refractivity contribution is 0.193. The highest BCUT2D eigenvalue weighted by Crippen LogP contribution is 2.31. The van der Waals surface area contributed by atoms with Crippen molar-refractivity contribution in [2.24, 2.45) is 0 Å². The lowest BCUT2D eigenvalue weighted by Crippen LogP contribution is -2.40. The Hall–Kier alpha value is -3.74. The second-order valence-corrected chi connectivity index (χ2v) is 11.2. The molecule has 0 aliphatic heterocycles. The van der Waals surface area contributed by atoms with Crippen LogP contribution in [0.3, 0.4) is 0 Å². The number of aryl methyl sites for hydroxylation is 1. The molecule has 0 saturated heterocycles. The molecular formula is C26H28ClN5O6S. The first-order valence-electron chi connectivity index (χ1n) is 12.3. The van der Waals surface area contributed by atoms with Gasteiger partial charge in [-0.2, -0.15) is 9.29 Å². The van der Waals surface area contributed by atoms with Gasteiger partial charge in [-0.3, -0.25) is 9.36 Å². The van der Waals surface area contributed by atoms with Crippen molar-refractivity contribution in [1.29, 1.82) is 0 Å². The van der Waals surface area contributed by atoms with E-state index >= 15 is 0 Å². The average Bonchev–Trinajstić information content (AvgIpc) is 3.28. The molecule has 2 heterocycles. The summed E-state index contributed by atoms with van der Waals surface area (Å²) in [6.45, 7) is 3.57. The molecule has 4 rings (SSSR count). The summed E-state index contributed by atoms with van der Waals surface area (Å²) in [7, 11) is -4.13. The molecule has 206 valence electrons. The molecule has 0 aliphatic carbocycles. The monoisotopic (exact) mass is 573 g/mol. The molecule has 13 heteroatoms. The molecule has 0 bridgehead atoms. The van der Waals surface area contributed by atoms with Gasteiger partial charge in [0.25, 0.3) is 11.3 Å². The van der Waals surface area contributed by atoms with E-state index in [1.54, 1.807) is 13.8 Å². The van der Waals surface area contributed by atoms with Crippen LogP contribution in [-0.4, -0.2) is 51.7 Å². The van der Waals surface area contributed by atoms with Gasteiger partial charge in [-0.05, 0) is 49.6 Å². The third-order valence-corrected chi connectivity index (χ3v) is 8.44. The number of nitrogens with zero attached hydrogens (tertiary/aromatic N) is 4. The Labute approximate surface area is 230 Å². The van der Waals surface area contributed by atoms with E-state index in [-0.39, 0.29) is 54.3 Å². The highest BCUT2D eigenvalue weighted by atomic mass is 35.5. The van der Waals surface area contributed by atoms with E-state index in [1.165, 1.54) is 33.1 Å². The third-order valence-electron chi connectivity index (χ3n) is 6.26.